The zero-order chi connectivity index (χ0) is 21.8. The number of piperidine rings is 1. The molecule has 0 spiro atoms. The Bertz CT molecular complexity index is 844. The van der Waals surface area contributed by atoms with Crippen LogP contribution in [0, 0.1) is 5.92 Å². The molecular formula is C19H26F3N3O4S. The molecule has 0 amide bonds. The molecule has 2 aliphatic rings. The highest BCUT2D eigenvalue weighted by molar-refractivity contribution is 7.89. The fraction of sp³-hybridized carbons (Fsp3) is 0.579. The Balaban J connectivity index is 1.50. The first-order valence-corrected chi connectivity index (χ1v) is 11.2. The number of alkyl halides is 3. The lowest BCUT2D eigenvalue weighted by Crippen LogP contribution is -2.38. The highest BCUT2D eigenvalue weighted by Gasteiger charge is 2.32. The molecule has 2 aliphatic heterocycles. The van der Waals surface area contributed by atoms with E-state index in [-0.39, 0.29) is 18.0 Å². The number of nitrogens with one attached hydrogen (secondary N) is 1. The van der Waals surface area contributed by atoms with E-state index in [1.165, 1.54) is 4.31 Å². The topological polar surface area (TPSA) is 71.1 Å². The van der Waals surface area contributed by atoms with Crippen molar-refractivity contribution in [1.29, 1.82) is 0 Å². The van der Waals surface area contributed by atoms with Gasteiger partial charge in [0.1, 0.15) is 5.75 Å². The maximum atomic E-state index is 12.7. The minimum atomic E-state index is -4.82. The molecule has 1 unspecified atom stereocenters. The van der Waals surface area contributed by atoms with Gasteiger partial charge in [-0.1, -0.05) is 0 Å². The Kier molecular flexibility index (Phi) is 7.27. The molecule has 2 heterocycles. The molecule has 0 radical (unpaired) electrons. The van der Waals surface area contributed by atoms with Crippen molar-refractivity contribution >= 4 is 10.0 Å². The summed E-state index contributed by atoms with van der Waals surface area (Å²) >= 11 is 0. The van der Waals surface area contributed by atoms with Gasteiger partial charge < -0.3 is 9.64 Å². The fourth-order valence-electron chi connectivity index (χ4n) is 3.59. The molecule has 1 fully saturated rings. The maximum Gasteiger partial charge on any atom is 0.573 e. The predicted octanol–water partition coefficient (Wildman–Crippen LogP) is 2.73. The van der Waals surface area contributed by atoms with Gasteiger partial charge in [0.25, 0.3) is 0 Å². The van der Waals surface area contributed by atoms with Crippen LogP contribution in [0.25, 0.3) is 0 Å². The molecule has 0 aromatic heterocycles. The van der Waals surface area contributed by atoms with E-state index in [2.05, 4.69) is 22.2 Å². The largest absolute Gasteiger partial charge is 0.573 e. The first-order chi connectivity index (χ1) is 14.1. The number of nitrogens with zero attached hydrogens (tertiary/aromatic N) is 2. The number of benzene rings is 1. The summed E-state index contributed by atoms with van der Waals surface area (Å²) in [5.41, 5.74) is 3.74. The zero-order valence-corrected chi connectivity index (χ0v) is 17.5. The van der Waals surface area contributed by atoms with Gasteiger partial charge in [-0.25, -0.2) is 8.42 Å². The van der Waals surface area contributed by atoms with Gasteiger partial charge >= 0.3 is 6.36 Å². The second-order valence-corrected chi connectivity index (χ2v) is 9.48. The Morgan fingerprint density at radius 3 is 2.53 bits per heavy atom. The Labute approximate surface area is 174 Å². The average Bonchev–Trinajstić information content (AvgIpc) is 2.68. The van der Waals surface area contributed by atoms with Crippen molar-refractivity contribution in [1.82, 2.24) is 14.7 Å². The van der Waals surface area contributed by atoms with Crippen molar-refractivity contribution in [2.24, 2.45) is 5.92 Å². The van der Waals surface area contributed by atoms with Crippen molar-refractivity contribution in [3.05, 3.63) is 36.0 Å². The highest BCUT2D eigenvalue weighted by Crippen LogP contribution is 2.26. The van der Waals surface area contributed by atoms with Crippen LogP contribution >= 0.6 is 0 Å². The summed E-state index contributed by atoms with van der Waals surface area (Å²) in [6.07, 6.45) is -0.335. The van der Waals surface area contributed by atoms with Gasteiger partial charge in [0.05, 0.1) is 11.5 Å². The number of sulfonamides is 1. The van der Waals surface area contributed by atoms with E-state index >= 15 is 0 Å². The normalized spacial score (nSPS) is 21.9. The summed E-state index contributed by atoms with van der Waals surface area (Å²) in [4.78, 5) is 7.80. The second-order valence-electron chi connectivity index (χ2n) is 7.55. The van der Waals surface area contributed by atoms with Crippen LogP contribution in [0.3, 0.4) is 0 Å². The van der Waals surface area contributed by atoms with E-state index in [1.54, 1.807) is 6.08 Å². The van der Waals surface area contributed by atoms with Crippen molar-refractivity contribution in [2.45, 2.75) is 30.5 Å². The zero-order valence-electron chi connectivity index (χ0n) is 16.7. The molecule has 1 atom stereocenters. The average molecular weight is 449 g/mol. The standard InChI is InChI=1S/C19H26F3N3O4S/c1-24-10-2-3-15(13-24)14-28-23-16-8-11-25(12-9-16)30(26,27)18-6-4-17(5-7-18)29-19(20,21)22/h4-8,15,23H,2-3,9-14H2,1H3. The lowest BCUT2D eigenvalue weighted by atomic mass is 10.00. The third kappa shape index (κ3) is 6.34. The molecule has 7 nitrogen and oxygen atoms in total. The third-order valence-corrected chi connectivity index (χ3v) is 6.99. The van der Waals surface area contributed by atoms with Gasteiger partial charge in [-0.15, -0.1) is 13.2 Å². The van der Waals surface area contributed by atoms with Crippen LogP contribution in [0.15, 0.2) is 40.9 Å². The van der Waals surface area contributed by atoms with Gasteiger partial charge in [-0.05, 0) is 62.7 Å². The number of hydrogen-bond acceptors (Lipinski definition) is 6. The van der Waals surface area contributed by atoms with Crippen LogP contribution < -0.4 is 10.2 Å². The van der Waals surface area contributed by atoms with E-state index in [4.69, 9.17) is 4.84 Å². The van der Waals surface area contributed by atoms with E-state index in [0.717, 1.165) is 55.9 Å². The van der Waals surface area contributed by atoms with Gasteiger partial charge in [-0.3, -0.25) is 10.3 Å². The summed E-state index contributed by atoms with van der Waals surface area (Å²) in [6.45, 7) is 3.10. The summed E-state index contributed by atoms with van der Waals surface area (Å²) in [7, 11) is -1.72. The van der Waals surface area contributed by atoms with Gasteiger partial charge in [0.2, 0.25) is 10.0 Å². The van der Waals surface area contributed by atoms with Crippen molar-refractivity contribution in [3.8, 4) is 5.75 Å². The SMILES string of the molecule is CN1CCCC(CONC2=CCN(S(=O)(=O)c3ccc(OC(F)(F)F)cc3)CC2)C1. The molecule has 1 aromatic rings. The van der Waals surface area contributed by atoms with E-state index < -0.39 is 22.1 Å². The highest BCUT2D eigenvalue weighted by atomic mass is 32.2. The molecule has 168 valence electrons. The van der Waals surface area contributed by atoms with Crippen molar-refractivity contribution in [3.63, 3.8) is 0 Å². The number of likely N-dealkylation sites (tertiary alicyclic amines) is 1. The van der Waals surface area contributed by atoms with E-state index in [9.17, 15) is 21.6 Å². The first kappa shape index (κ1) is 22.9. The quantitative estimate of drug-likeness (QED) is 0.646. The number of hydrogen-bond donors (Lipinski definition) is 1. The van der Waals surface area contributed by atoms with E-state index in [0.29, 0.717) is 18.9 Å². The Morgan fingerprint density at radius 1 is 1.20 bits per heavy atom. The molecule has 0 aliphatic carbocycles. The molecular weight excluding hydrogens is 423 g/mol. The van der Waals surface area contributed by atoms with Crippen LogP contribution in [-0.4, -0.2) is 63.8 Å². The molecule has 11 heteroatoms. The van der Waals surface area contributed by atoms with Crippen LogP contribution in [0.5, 0.6) is 5.75 Å². The smallest absolute Gasteiger partial charge is 0.406 e. The summed E-state index contributed by atoms with van der Waals surface area (Å²) in [5.74, 6) is 0.00870. The predicted molar refractivity (Wildman–Crippen MR) is 104 cm³/mol. The van der Waals surface area contributed by atoms with Gasteiger partial charge in [0, 0.05) is 31.8 Å². The van der Waals surface area contributed by atoms with Crippen LogP contribution in [0.1, 0.15) is 19.3 Å². The number of rotatable bonds is 7. The molecule has 30 heavy (non-hydrogen) atoms. The first-order valence-electron chi connectivity index (χ1n) is 9.75. The second kappa shape index (κ2) is 9.54. The lowest BCUT2D eigenvalue weighted by molar-refractivity contribution is -0.274. The van der Waals surface area contributed by atoms with Gasteiger partial charge in [0.15, 0.2) is 0 Å². The molecule has 1 N–H and O–H groups in total. The third-order valence-electron chi connectivity index (χ3n) is 5.11. The molecule has 1 aromatic carbocycles. The summed E-state index contributed by atoms with van der Waals surface area (Å²) in [6, 6.07) is 4.20. The number of ether oxygens (including phenoxy) is 1. The van der Waals surface area contributed by atoms with Crippen LogP contribution in [0.4, 0.5) is 13.2 Å². The van der Waals surface area contributed by atoms with Crippen LogP contribution in [0.2, 0.25) is 0 Å². The number of halogens is 3. The van der Waals surface area contributed by atoms with E-state index in [1.807, 2.05) is 0 Å². The molecule has 0 saturated carbocycles. The minimum Gasteiger partial charge on any atom is -0.406 e. The molecule has 1 saturated heterocycles. The van der Waals surface area contributed by atoms with Crippen molar-refractivity contribution < 1.29 is 31.2 Å². The Hall–Kier alpha value is -1.82. The fourth-order valence-corrected chi connectivity index (χ4v) is 4.97. The molecule has 3 rings (SSSR count). The Morgan fingerprint density at radius 2 is 1.93 bits per heavy atom. The minimum absolute atomic E-state index is 0.0838. The summed E-state index contributed by atoms with van der Waals surface area (Å²) < 4.78 is 67.2. The maximum absolute atomic E-state index is 12.7. The summed E-state index contributed by atoms with van der Waals surface area (Å²) in [5, 5.41) is 0. The monoisotopic (exact) mass is 449 g/mol. The lowest BCUT2D eigenvalue weighted by Gasteiger charge is -2.30. The number of hydroxylamine groups is 1. The molecule has 0 bridgehead atoms. The van der Waals surface area contributed by atoms with Gasteiger partial charge in [-0.2, -0.15) is 4.31 Å². The van der Waals surface area contributed by atoms with Crippen LogP contribution in [-0.2, 0) is 14.9 Å². The van der Waals surface area contributed by atoms with Crippen molar-refractivity contribution in [2.75, 3.05) is 39.8 Å².